The van der Waals surface area contributed by atoms with Crippen LogP contribution in [0, 0.1) is 13.8 Å². The van der Waals surface area contributed by atoms with E-state index in [4.69, 9.17) is 16.0 Å². The Kier molecular flexibility index (Phi) is 6.30. The number of aliphatic hydroxyl groups excluding tert-OH is 1. The number of benzene rings is 3. The van der Waals surface area contributed by atoms with Crippen LogP contribution >= 0.6 is 11.6 Å². The van der Waals surface area contributed by atoms with Gasteiger partial charge in [-0.15, -0.1) is 0 Å². The van der Waals surface area contributed by atoms with E-state index in [0.717, 1.165) is 45.2 Å². The van der Waals surface area contributed by atoms with Crippen LogP contribution in [0.5, 0.6) is 0 Å². The van der Waals surface area contributed by atoms with E-state index in [9.17, 15) is 9.90 Å². The number of carbonyl (C=O) groups excluding carboxylic acids is 1. The van der Waals surface area contributed by atoms with Crippen molar-refractivity contribution in [3.8, 4) is 22.6 Å². The van der Waals surface area contributed by atoms with Crippen molar-refractivity contribution in [2.45, 2.75) is 20.5 Å². The molecule has 0 saturated carbocycles. The molecule has 6 aromatic rings. The maximum atomic E-state index is 11.5. The van der Waals surface area contributed by atoms with Gasteiger partial charge in [0.15, 0.2) is 17.7 Å². The maximum Gasteiger partial charge on any atom is 0.227 e. The third-order valence-electron chi connectivity index (χ3n) is 6.95. The molecule has 7 nitrogen and oxygen atoms in total. The van der Waals surface area contributed by atoms with Crippen molar-refractivity contribution in [1.29, 1.82) is 0 Å². The van der Waals surface area contributed by atoms with Gasteiger partial charge in [-0.3, -0.25) is 9.78 Å². The molecule has 192 valence electrons. The molecule has 0 unspecified atom stereocenters. The molecule has 0 amide bonds. The number of rotatable bonds is 6. The number of hydrogen-bond donors (Lipinski definition) is 2. The summed E-state index contributed by atoms with van der Waals surface area (Å²) in [5.41, 5.74) is 8.79. The minimum atomic E-state index is -0.126. The molecule has 0 aliphatic rings. The van der Waals surface area contributed by atoms with E-state index >= 15 is 0 Å². The van der Waals surface area contributed by atoms with Gasteiger partial charge in [0.2, 0.25) is 5.89 Å². The van der Waals surface area contributed by atoms with Crippen LogP contribution in [0.1, 0.15) is 27.0 Å². The fourth-order valence-corrected chi connectivity index (χ4v) is 5.17. The van der Waals surface area contributed by atoms with E-state index in [1.165, 1.54) is 0 Å². The topological polar surface area (TPSA) is 101 Å². The van der Waals surface area contributed by atoms with E-state index in [1.807, 2.05) is 31.2 Å². The minimum Gasteiger partial charge on any atom is -0.434 e. The molecule has 3 aromatic carbocycles. The summed E-state index contributed by atoms with van der Waals surface area (Å²) in [6, 6.07) is 19.0. The average Bonchev–Trinajstić information content (AvgIpc) is 3.39. The van der Waals surface area contributed by atoms with Crippen LogP contribution in [0.15, 0.2) is 77.5 Å². The number of aldehydes is 1. The summed E-state index contributed by atoms with van der Waals surface area (Å²) < 4.78 is 6.07. The van der Waals surface area contributed by atoms with Crippen LogP contribution in [-0.4, -0.2) is 26.3 Å². The number of hydrogen-bond acceptors (Lipinski definition) is 7. The monoisotopic (exact) mass is 534 g/mol. The van der Waals surface area contributed by atoms with Crippen molar-refractivity contribution < 1.29 is 14.3 Å². The molecule has 0 fully saturated rings. The largest absolute Gasteiger partial charge is 0.434 e. The SMILES string of the molecule is Cc1c(Nc2nccc3c(C=O)ccnc23)cccc1-c1cccc(-c2nc3cc(CO)cc(Cl)c3o2)c1C. The van der Waals surface area contributed by atoms with E-state index in [-0.39, 0.29) is 6.61 Å². The first-order chi connectivity index (χ1) is 19.0. The molecule has 0 spiro atoms. The van der Waals surface area contributed by atoms with E-state index < -0.39 is 0 Å². The van der Waals surface area contributed by atoms with Crippen molar-refractivity contribution in [3.05, 3.63) is 100 Å². The Morgan fingerprint density at radius 2 is 1.69 bits per heavy atom. The summed E-state index contributed by atoms with van der Waals surface area (Å²) >= 11 is 6.39. The normalized spacial score (nSPS) is 11.3. The van der Waals surface area contributed by atoms with Gasteiger partial charge in [-0.1, -0.05) is 35.9 Å². The van der Waals surface area contributed by atoms with Gasteiger partial charge in [0, 0.05) is 34.6 Å². The van der Waals surface area contributed by atoms with E-state index in [1.54, 1.807) is 36.7 Å². The van der Waals surface area contributed by atoms with Gasteiger partial charge < -0.3 is 14.8 Å². The average molecular weight is 535 g/mol. The number of halogens is 1. The van der Waals surface area contributed by atoms with Crippen molar-refractivity contribution in [3.63, 3.8) is 0 Å². The van der Waals surface area contributed by atoms with Crippen LogP contribution in [-0.2, 0) is 6.61 Å². The van der Waals surface area contributed by atoms with Crippen molar-refractivity contribution in [2.75, 3.05) is 5.32 Å². The highest BCUT2D eigenvalue weighted by Crippen LogP contribution is 2.38. The predicted octanol–water partition coefficient (Wildman–Crippen LogP) is 7.42. The minimum absolute atomic E-state index is 0.126. The van der Waals surface area contributed by atoms with Gasteiger partial charge >= 0.3 is 0 Å². The van der Waals surface area contributed by atoms with Crippen LogP contribution in [0.3, 0.4) is 0 Å². The van der Waals surface area contributed by atoms with Gasteiger partial charge in [0.1, 0.15) is 11.0 Å². The molecular weight excluding hydrogens is 512 g/mol. The quantitative estimate of drug-likeness (QED) is 0.214. The lowest BCUT2D eigenvalue weighted by molar-refractivity contribution is 0.112. The molecule has 3 heterocycles. The van der Waals surface area contributed by atoms with E-state index in [2.05, 4.69) is 39.3 Å². The number of aromatic nitrogens is 3. The number of pyridine rings is 2. The first-order valence-electron chi connectivity index (χ1n) is 12.3. The number of fused-ring (bicyclic) bond motifs is 2. The third-order valence-corrected chi connectivity index (χ3v) is 7.23. The molecule has 39 heavy (non-hydrogen) atoms. The predicted molar refractivity (Wildman–Crippen MR) is 153 cm³/mol. The summed E-state index contributed by atoms with van der Waals surface area (Å²) in [5.74, 6) is 1.04. The van der Waals surface area contributed by atoms with Crippen LogP contribution in [0.4, 0.5) is 11.5 Å². The molecule has 2 N–H and O–H groups in total. The number of anilines is 2. The maximum absolute atomic E-state index is 11.5. The first-order valence-corrected chi connectivity index (χ1v) is 12.7. The van der Waals surface area contributed by atoms with Gasteiger partial charge in [-0.25, -0.2) is 9.97 Å². The third kappa shape index (κ3) is 4.31. The standard InChI is InChI=1S/C31H23ClN4O3/c1-17-21(5-3-7-23(17)31-36-27-14-19(15-37)13-25(32)29(27)39-31)22-6-4-8-26(18(22)2)35-30-28-24(10-12-34-30)20(16-38)9-11-33-28/h3-14,16,37H,15H2,1-2H3,(H,34,35). The molecule has 3 aromatic heterocycles. The Bertz CT molecular complexity index is 1900. The lowest BCUT2D eigenvalue weighted by Crippen LogP contribution is -2.00. The van der Waals surface area contributed by atoms with Crippen LogP contribution in [0.25, 0.3) is 44.6 Å². The fraction of sp³-hybridized carbons (Fsp3) is 0.0968. The van der Waals surface area contributed by atoms with Crippen molar-refractivity contribution >= 4 is 51.4 Å². The zero-order chi connectivity index (χ0) is 27.1. The Hall–Kier alpha value is -4.59. The fourth-order valence-electron chi connectivity index (χ4n) is 4.90. The Balaban J connectivity index is 1.42. The Morgan fingerprint density at radius 3 is 2.49 bits per heavy atom. The molecule has 0 atom stereocenters. The highest BCUT2D eigenvalue weighted by atomic mass is 35.5. The number of oxazole rings is 1. The summed E-state index contributed by atoms with van der Waals surface area (Å²) in [6.07, 6.45) is 4.11. The molecule has 0 aliphatic heterocycles. The number of nitrogens with zero attached hydrogens (tertiary/aromatic N) is 3. The summed E-state index contributed by atoms with van der Waals surface area (Å²) in [7, 11) is 0. The lowest BCUT2D eigenvalue weighted by Gasteiger charge is -2.16. The zero-order valence-electron chi connectivity index (χ0n) is 21.2. The summed E-state index contributed by atoms with van der Waals surface area (Å²) in [6.45, 7) is 3.96. The van der Waals surface area contributed by atoms with Crippen molar-refractivity contribution in [2.24, 2.45) is 0 Å². The van der Waals surface area contributed by atoms with Gasteiger partial charge in [0.05, 0.1) is 11.6 Å². The zero-order valence-corrected chi connectivity index (χ0v) is 22.0. The summed E-state index contributed by atoms with van der Waals surface area (Å²) in [4.78, 5) is 25.1. The van der Waals surface area contributed by atoms with Crippen molar-refractivity contribution in [1.82, 2.24) is 15.0 Å². The highest BCUT2D eigenvalue weighted by Gasteiger charge is 2.18. The molecule has 0 saturated heterocycles. The summed E-state index contributed by atoms with van der Waals surface area (Å²) in [5, 5.41) is 14.1. The molecule has 0 bridgehead atoms. The molecule has 8 heteroatoms. The number of aliphatic hydroxyl groups is 1. The number of carbonyl (C=O) groups is 1. The first kappa shape index (κ1) is 24.7. The Labute approximate surface area is 229 Å². The second-order valence-electron chi connectivity index (χ2n) is 9.26. The van der Waals surface area contributed by atoms with Gasteiger partial charge in [-0.05, 0) is 78.1 Å². The smallest absolute Gasteiger partial charge is 0.227 e. The van der Waals surface area contributed by atoms with Gasteiger partial charge in [0.25, 0.3) is 0 Å². The van der Waals surface area contributed by atoms with Crippen LogP contribution in [0.2, 0.25) is 5.02 Å². The molecule has 6 rings (SSSR count). The second-order valence-corrected chi connectivity index (χ2v) is 9.67. The van der Waals surface area contributed by atoms with Crippen LogP contribution < -0.4 is 5.32 Å². The molecule has 0 radical (unpaired) electrons. The second kappa shape index (κ2) is 9.94. The Morgan fingerprint density at radius 1 is 0.949 bits per heavy atom. The molecular formula is C31H23ClN4O3. The van der Waals surface area contributed by atoms with E-state index in [0.29, 0.717) is 44.5 Å². The molecule has 0 aliphatic carbocycles. The lowest BCUT2D eigenvalue weighted by atomic mass is 9.93. The number of nitrogens with one attached hydrogen (secondary N) is 1. The highest BCUT2D eigenvalue weighted by molar-refractivity contribution is 6.34. The van der Waals surface area contributed by atoms with Gasteiger partial charge in [-0.2, -0.15) is 0 Å².